The zero-order valence-electron chi connectivity index (χ0n) is 13.6. The summed E-state index contributed by atoms with van der Waals surface area (Å²) in [5, 5.41) is 5.95. The van der Waals surface area contributed by atoms with Gasteiger partial charge >= 0.3 is 0 Å². The van der Waals surface area contributed by atoms with E-state index in [2.05, 4.69) is 10.6 Å². The summed E-state index contributed by atoms with van der Waals surface area (Å²) in [5.74, 6) is 0.142. The monoisotopic (exact) mass is 380 g/mol. The molecule has 2 aromatic carbocycles. The predicted molar refractivity (Wildman–Crippen MR) is 98.5 cm³/mol. The van der Waals surface area contributed by atoms with Crippen LogP contribution in [0.4, 0.5) is 0 Å². The number of carbonyl (C=O) groups excluding carboxylic acids is 2. The van der Waals surface area contributed by atoms with Gasteiger partial charge in [-0.15, -0.1) is 0 Å². The number of hydrogen-bond acceptors (Lipinski definition) is 3. The molecule has 0 bridgehead atoms. The summed E-state index contributed by atoms with van der Waals surface area (Å²) in [6.45, 7) is 0.371. The molecule has 0 unspecified atom stereocenters. The van der Waals surface area contributed by atoms with E-state index in [1.165, 1.54) is 12.1 Å². The normalized spacial score (nSPS) is 10.2. The molecule has 2 amide bonds. The van der Waals surface area contributed by atoms with E-state index in [9.17, 15) is 9.59 Å². The second kappa shape index (κ2) is 9.30. The van der Waals surface area contributed by atoms with Crippen LogP contribution in [0.5, 0.6) is 5.75 Å². The second-order valence-corrected chi connectivity index (χ2v) is 6.07. The summed E-state index contributed by atoms with van der Waals surface area (Å²) in [6, 6.07) is 12.2. The minimum absolute atomic E-state index is 0.109. The SMILES string of the molecule is COc1ccc(CCNC(=O)CNC(=O)c2ccc(Cl)c(Cl)c2)cc1. The molecule has 2 rings (SSSR count). The summed E-state index contributed by atoms with van der Waals surface area (Å²) < 4.78 is 5.09. The van der Waals surface area contributed by atoms with Gasteiger partial charge in [-0.2, -0.15) is 0 Å². The number of rotatable bonds is 7. The number of nitrogens with one attached hydrogen (secondary N) is 2. The molecule has 132 valence electrons. The van der Waals surface area contributed by atoms with Crippen molar-refractivity contribution in [3.63, 3.8) is 0 Å². The molecule has 2 aromatic rings. The quantitative estimate of drug-likeness (QED) is 0.775. The summed E-state index contributed by atoms with van der Waals surface area (Å²) in [5.41, 5.74) is 1.43. The largest absolute Gasteiger partial charge is 0.497 e. The number of hydrogen-bond donors (Lipinski definition) is 2. The lowest BCUT2D eigenvalue weighted by Crippen LogP contribution is -2.37. The van der Waals surface area contributed by atoms with Crippen LogP contribution in [0.2, 0.25) is 10.0 Å². The van der Waals surface area contributed by atoms with E-state index in [0.29, 0.717) is 28.6 Å². The van der Waals surface area contributed by atoms with Gasteiger partial charge in [0.2, 0.25) is 5.91 Å². The maximum absolute atomic E-state index is 12.0. The van der Waals surface area contributed by atoms with Crippen molar-refractivity contribution >= 4 is 35.0 Å². The van der Waals surface area contributed by atoms with E-state index in [4.69, 9.17) is 27.9 Å². The van der Waals surface area contributed by atoms with Crippen LogP contribution in [0.25, 0.3) is 0 Å². The molecule has 7 heteroatoms. The maximum Gasteiger partial charge on any atom is 0.251 e. The highest BCUT2D eigenvalue weighted by molar-refractivity contribution is 6.42. The van der Waals surface area contributed by atoms with Gasteiger partial charge in [0.05, 0.1) is 23.7 Å². The number of carbonyl (C=O) groups is 2. The van der Waals surface area contributed by atoms with Crippen LogP contribution in [0.3, 0.4) is 0 Å². The first-order valence-electron chi connectivity index (χ1n) is 7.62. The first kappa shape index (κ1) is 19.1. The van der Waals surface area contributed by atoms with Gasteiger partial charge in [-0.05, 0) is 42.3 Å². The molecule has 0 spiro atoms. The van der Waals surface area contributed by atoms with Crippen LogP contribution in [0.15, 0.2) is 42.5 Å². The van der Waals surface area contributed by atoms with Crippen LogP contribution in [0, 0.1) is 0 Å². The topological polar surface area (TPSA) is 67.4 Å². The zero-order valence-corrected chi connectivity index (χ0v) is 15.2. The van der Waals surface area contributed by atoms with Gasteiger partial charge in [-0.25, -0.2) is 0 Å². The molecule has 5 nitrogen and oxygen atoms in total. The predicted octanol–water partition coefficient (Wildman–Crippen LogP) is 3.09. The van der Waals surface area contributed by atoms with Gasteiger partial charge in [0.15, 0.2) is 0 Å². The van der Waals surface area contributed by atoms with Gasteiger partial charge in [-0.3, -0.25) is 9.59 Å². The van der Waals surface area contributed by atoms with Crippen molar-refractivity contribution in [1.82, 2.24) is 10.6 Å². The van der Waals surface area contributed by atoms with Crippen LogP contribution < -0.4 is 15.4 Å². The molecular formula is C18H18Cl2N2O3. The molecule has 0 radical (unpaired) electrons. The molecular weight excluding hydrogens is 363 g/mol. The highest BCUT2D eigenvalue weighted by Crippen LogP contribution is 2.22. The third kappa shape index (κ3) is 5.96. The second-order valence-electron chi connectivity index (χ2n) is 5.26. The van der Waals surface area contributed by atoms with Crippen molar-refractivity contribution < 1.29 is 14.3 Å². The van der Waals surface area contributed by atoms with Crippen LogP contribution in [0.1, 0.15) is 15.9 Å². The van der Waals surface area contributed by atoms with E-state index in [1.807, 2.05) is 24.3 Å². The fourth-order valence-electron chi connectivity index (χ4n) is 2.10. The molecule has 0 aliphatic heterocycles. The number of benzene rings is 2. The fourth-order valence-corrected chi connectivity index (χ4v) is 2.40. The summed E-state index contributed by atoms with van der Waals surface area (Å²) >= 11 is 11.7. The van der Waals surface area contributed by atoms with Crippen molar-refractivity contribution in [3.05, 3.63) is 63.6 Å². The van der Waals surface area contributed by atoms with Crippen molar-refractivity contribution in [1.29, 1.82) is 0 Å². The molecule has 0 aliphatic rings. The Labute approximate surface area is 156 Å². The van der Waals surface area contributed by atoms with E-state index in [-0.39, 0.29) is 18.4 Å². The van der Waals surface area contributed by atoms with E-state index < -0.39 is 0 Å². The maximum atomic E-state index is 12.0. The van der Waals surface area contributed by atoms with Crippen molar-refractivity contribution in [2.45, 2.75) is 6.42 Å². The summed E-state index contributed by atoms with van der Waals surface area (Å²) in [6.07, 6.45) is 0.691. The highest BCUT2D eigenvalue weighted by atomic mass is 35.5. The minimum atomic E-state index is -0.385. The minimum Gasteiger partial charge on any atom is -0.497 e. The Bertz CT molecular complexity index is 748. The third-order valence-corrected chi connectivity index (χ3v) is 4.23. The Balaban J connectivity index is 1.72. The standard InChI is InChI=1S/C18H18Cl2N2O3/c1-25-14-5-2-12(3-6-14)8-9-21-17(23)11-22-18(24)13-4-7-15(19)16(20)10-13/h2-7,10H,8-9,11H2,1H3,(H,21,23)(H,22,24). The van der Waals surface area contributed by atoms with Crippen LogP contribution in [-0.2, 0) is 11.2 Å². The number of halogens is 2. The lowest BCUT2D eigenvalue weighted by molar-refractivity contribution is -0.120. The Hall–Kier alpha value is -2.24. The van der Waals surface area contributed by atoms with Crippen LogP contribution >= 0.6 is 23.2 Å². The van der Waals surface area contributed by atoms with Gasteiger partial charge in [0.25, 0.3) is 5.91 Å². The van der Waals surface area contributed by atoms with Crippen molar-refractivity contribution in [2.24, 2.45) is 0 Å². The Morgan fingerprint density at radius 3 is 2.36 bits per heavy atom. The molecule has 0 fully saturated rings. The molecule has 0 aromatic heterocycles. The van der Waals surface area contributed by atoms with E-state index in [1.54, 1.807) is 13.2 Å². The Morgan fingerprint density at radius 2 is 1.72 bits per heavy atom. The number of methoxy groups -OCH3 is 1. The number of ether oxygens (including phenoxy) is 1. The molecule has 0 atom stereocenters. The zero-order chi connectivity index (χ0) is 18.2. The fraction of sp³-hybridized carbons (Fsp3) is 0.222. The van der Waals surface area contributed by atoms with Gasteiger partial charge < -0.3 is 15.4 Å². The first-order chi connectivity index (χ1) is 12.0. The van der Waals surface area contributed by atoms with Gasteiger partial charge in [-0.1, -0.05) is 35.3 Å². The smallest absolute Gasteiger partial charge is 0.251 e. The van der Waals surface area contributed by atoms with Crippen LogP contribution in [-0.4, -0.2) is 32.0 Å². The molecule has 0 heterocycles. The summed E-state index contributed by atoms with van der Waals surface area (Å²) in [4.78, 5) is 23.8. The van der Waals surface area contributed by atoms with E-state index in [0.717, 1.165) is 11.3 Å². The lowest BCUT2D eigenvalue weighted by Gasteiger charge is -2.08. The van der Waals surface area contributed by atoms with Crippen molar-refractivity contribution in [2.75, 3.05) is 20.2 Å². The molecule has 0 saturated carbocycles. The van der Waals surface area contributed by atoms with Gasteiger partial charge in [0, 0.05) is 12.1 Å². The lowest BCUT2D eigenvalue weighted by atomic mass is 10.1. The molecule has 0 aliphatic carbocycles. The van der Waals surface area contributed by atoms with E-state index >= 15 is 0 Å². The average molecular weight is 381 g/mol. The Morgan fingerprint density at radius 1 is 1.00 bits per heavy atom. The Kier molecular flexibility index (Phi) is 7.10. The number of amides is 2. The summed E-state index contributed by atoms with van der Waals surface area (Å²) in [7, 11) is 1.61. The molecule has 25 heavy (non-hydrogen) atoms. The first-order valence-corrected chi connectivity index (χ1v) is 8.38. The third-order valence-electron chi connectivity index (χ3n) is 3.49. The van der Waals surface area contributed by atoms with Crippen molar-refractivity contribution in [3.8, 4) is 5.75 Å². The molecule has 2 N–H and O–H groups in total. The average Bonchev–Trinajstić information content (AvgIpc) is 2.62. The highest BCUT2D eigenvalue weighted by Gasteiger charge is 2.09. The van der Waals surface area contributed by atoms with Gasteiger partial charge in [0.1, 0.15) is 5.75 Å². The molecule has 0 saturated heterocycles.